The molecule has 2 aliphatic carbocycles. The minimum absolute atomic E-state index is 0.0215. The van der Waals surface area contributed by atoms with Crippen molar-refractivity contribution in [2.45, 2.75) is 89.6 Å². The van der Waals surface area contributed by atoms with Gasteiger partial charge in [0, 0.05) is 41.5 Å². The SMILES string of the molecule is COC(=O)NC1CCC(C(=O)Nc2nccc(-c3cnn(C(C)C)c3)c2CC2CCC(c3ccc(OC)c(C#N)c3)CC2)CC1. The number of rotatable bonds is 9. The van der Waals surface area contributed by atoms with Gasteiger partial charge in [0.1, 0.15) is 17.6 Å². The smallest absolute Gasteiger partial charge is 0.407 e. The molecule has 2 aromatic heterocycles. The number of anilines is 1. The normalized spacial score (nSPS) is 21.5. The molecule has 1 aromatic carbocycles. The highest BCUT2D eigenvalue weighted by Gasteiger charge is 2.30. The van der Waals surface area contributed by atoms with Crippen molar-refractivity contribution in [3.05, 3.63) is 59.5 Å². The van der Waals surface area contributed by atoms with E-state index in [1.165, 1.54) is 12.7 Å². The molecule has 0 bridgehead atoms. The molecular weight excluding hydrogens is 568 g/mol. The number of amides is 2. The summed E-state index contributed by atoms with van der Waals surface area (Å²) in [5, 5.41) is 20.2. The first-order chi connectivity index (χ1) is 21.8. The molecule has 10 heteroatoms. The molecule has 5 rings (SSSR count). The van der Waals surface area contributed by atoms with E-state index >= 15 is 0 Å². The van der Waals surface area contributed by atoms with Gasteiger partial charge in [-0.1, -0.05) is 6.07 Å². The van der Waals surface area contributed by atoms with E-state index < -0.39 is 6.09 Å². The maximum absolute atomic E-state index is 13.5. The zero-order valence-corrected chi connectivity index (χ0v) is 26.7. The third-order valence-electron chi connectivity index (χ3n) is 9.50. The van der Waals surface area contributed by atoms with Crippen molar-refractivity contribution in [1.82, 2.24) is 20.1 Å². The number of carbonyl (C=O) groups excluding carboxylic acids is 2. The van der Waals surface area contributed by atoms with Crippen molar-refractivity contribution in [2.75, 3.05) is 19.5 Å². The summed E-state index contributed by atoms with van der Waals surface area (Å²) >= 11 is 0. The molecule has 0 aliphatic heterocycles. The molecule has 10 nitrogen and oxygen atoms in total. The molecule has 0 spiro atoms. The summed E-state index contributed by atoms with van der Waals surface area (Å²) in [7, 11) is 2.95. The summed E-state index contributed by atoms with van der Waals surface area (Å²) in [5.41, 5.74) is 4.89. The van der Waals surface area contributed by atoms with E-state index in [1.807, 2.05) is 29.1 Å². The Bertz CT molecular complexity index is 1530. The van der Waals surface area contributed by atoms with Crippen LogP contribution in [0.2, 0.25) is 0 Å². The summed E-state index contributed by atoms with van der Waals surface area (Å²) in [5.74, 6) is 1.92. The number of nitrogens with zero attached hydrogens (tertiary/aromatic N) is 4. The van der Waals surface area contributed by atoms with Crippen molar-refractivity contribution < 1.29 is 19.1 Å². The number of nitriles is 1. The summed E-state index contributed by atoms with van der Waals surface area (Å²) in [4.78, 5) is 29.8. The van der Waals surface area contributed by atoms with Crippen LogP contribution in [-0.2, 0) is 16.0 Å². The molecule has 238 valence electrons. The molecule has 2 aliphatic rings. The van der Waals surface area contributed by atoms with Gasteiger partial charge in [0.25, 0.3) is 0 Å². The number of benzene rings is 1. The van der Waals surface area contributed by atoms with E-state index in [0.717, 1.165) is 61.6 Å². The second-order valence-corrected chi connectivity index (χ2v) is 12.7. The molecule has 2 N–H and O–H groups in total. The van der Waals surface area contributed by atoms with Crippen LogP contribution in [0.4, 0.5) is 10.6 Å². The van der Waals surface area contributed by atoms with Crippen LogP contribution in [-0.4, -0.2) is 47.0 Å². The van der Waals surface area contributed by atoms with Crippen LogP contribution in [0.5, 0.6) is 5.75 Å². The summed E-state index contributed by atoms with van der Waals surface area (Å²) in [6, 6.07) is 10.5. The fourth-order valence-corrected chi connectivity index (χ4v) is 6.84. The lowest BCUT2D eigenvalue weighted by Crippen LogP contribution is -2.39. The molecule has 0 radical (unpaired) electrons. The molecule has 0 unspecified atom stereocenters. The molecule has 2 saturated carbocycles. The lowest BCUT2D eigenvalue weighted by atomic mass is 9.76. The number of ether oxygens (including phenoxy) is 2. The number of alkyl carbamates (subject to hydrolysis) is 1. The van der Waals surface area contributed by atoms with E-state index in [0.29, 0.717) is 41.8 Å². The minimum Gasteiger partial charge on any atom is -0.495 e. The van der Waals surface area contributed by atoms with Gasteiger partial charge < -0.3 is 20.1 Å². The number of hydrogen-bond acceptors (Lipinski definition) is 7. The molecule has 2 heterocycles. The largest absolute Gasteiger partial charge is 0.495 e. The van der Waals surface area contributed by atoms with Gasteiger partial charge in [-0.15, -0.1) is 0 Å². The molecule has 3 aromatic rings. The maximum Gasteiger partial charge on any atom is 0.407 e. The highest BCUT2D eigenvalue weighted by atomic mass is 16.5. The Kier molecular flexibility index (Phi) is 10.4. The standard InChI is InChI=1S/C35H44N6O4/c1-22(2)41-21-28(20-38-41)30-15-16-37-33(40-34(42)25-9-12-29(13-10-25)39-35(43)45-4)31(30)17-23-5-7-24(8-6-23)26-11-14-32(44-3)27(18-26)19-36/h11,14-16,18,20-25,29H,5-10,12-13,17H2,1-4H3,(H,39,43)(H,37,40,42). The van der Waals surface area contributed by atoms with Gasteiger partial charge in [-0.25, -0.2) is 9.78 Å². The first-order valence-corrected chi connectivity index (χ1v) is 16.0. The van der Waals surface area contributed by atoms with Gasteiger partial charge in [0.2, 0.25) is 5.91 Å². The Labute approximate surface area is 265 Å². The Morgan fingerprint density at radius 1 is 1.07 bits per heavy atom. The zero-order valence-electron chi connectivity index (χ0n) is 26.7. The fraction of sp³-hybridized carbons (Fsp3) is 0.514. The van der Waals surface area contributed by atoms with Crippen LogP contribution >= 0.6 is 0 Å². The van der Waals surface area contributed by atoms with Crippen LogP contribution in [0.25, 0.3) is 11.1 Å². The average Bonchev–Trinajstić information content (AvgIpc) is 3.56. The van der Waals surface area contributed by atoms with Crippen molar-refractivity contribution in [2.24, 2.45) is 11.8 Å². The molecule has 0 atom stereocenters. The van der Waals surface area contributed by atoms with Gasteiger partial charge in [-0.05, 0) is 113 Å². The molecule has 2 fully saturated rings. The Hall–Kier alpha value is -4.39. The van der Waals surface area contributed by atoms with Crippen molar-refractivity contribution in [3.8, 4) is 22.9 Å². The fourth-order valence-electron chi connectivity index (χ4n) is 6.84. The summed E-state index contributed by atoms with van der Waals surface area (Å²) in [6.07, 6.45) is 13.1. The number of nitrogens with one attached hydrogen (secondary N) is 2. The van der Waals surface area contributed by atoms with Gasteiger partial charge in [-0.2, -0.15) is 10.4 Å². The second-order valence-electron chi connectivity index (χ2n) is 12.7. The van der Waals surface area contributed by atoms with E-state index in [9.17, 15) is 14.9 Å². The van der Waals surface area contributed by atoms with Gasteiger partial charge in [-0.3, -0.25) is 9.48 Å². The number of hydrogen-bond donors (Lipinski definition) is 2. The lowest BCUT2D eigenvalue weighted by molar-refractivity contribution is -0.120. The summed E-state index contributed by atoms with van der Waals surface area (Å²) in [6.45, 7) is 4.21. The van der Waals surface area contributed by atoms with Crippen molar-refractivity contribution in [3.63, 3.8) is 0 Å². The zero-order chi connectivity index (χ0) is 31.9. The highest BCUT2D eigenvalue weighted by molar-refractivity contribution is 5.93. The summed E-state index contributed by atoms with van der Waals surface area (Å²) < 4.78 is 12.0. The van der Waals surface area contributed by atoms with Gasteiger partial charge in [0.15, 0.2) is 0 Å². The number of methoxy groups -OCH3 is 2. The Morgan fingerprint density at radius 2 is 1.82 bits per heavy atom. The quantitative estimate of drug-likeness (QED) is 0.272. The Balaban J connectivity index is 1.32. The van der Waals surface area contributed by atoms with Crippen LogP contribution in [0.15, 0.2) is 42.9 Å². The second kappa shape index (κ2) is 14.6. The molecule has 0 saturated heterocycles. The first kappa shape index (κ1) is 32.0. The van der Waals surface area contributed by atoms with E-state index in [1.54, 1.807) is 13.3 Å². The van der Waals surface area contributed by atoms with Gasteiger partial charge in [0.05, 0.1) is 26.0 Å². The lowest BCUT2D eigenvalue weighted by Gasteiger charge is -2.30. The monoisotopic (exact) mass is 612 g/mol. The topological polar surface area (TPSA) is 131 Å². The number of aromatic nitrogens is 3. The van der Waals surface area contributed by atoms with Crippen LogP contribution in [0, 0.1) is 23.2 Å². The van der Waals surface area contributed by atoms with E-state index in [-0.39, 0.29) is 23.9 Å². The van der Waals surface area contributed by atoms with E-state index in [2.05, 4.69) is 47.9 Å². The third kappa shape index (κ3) is 7.64. The van der Waals surface area contributed by atoms with E-state index in [4.69, 9.17) is 14.5 Å². The number of carbonyl (C=O) groups is 2. The average molecular weight is 613 g/mol. The predicted molar refractivity (Wildman–Crippen MR) is 172 cm³/mol. The molecular formula is C35H44N6O4. The number of pyridine rings is 1. The highest BCUT2D eigenvalue weighted by Crippen LogP contribution is 2.40. The minimum atomic E-state index is -0.431. The van der Waals surface area contributed by atoms with Crippen molar-refractivity contribution >= 4 is 17.8 Å². The predicted octanol–water partition coefficient (Wildman–Crippen LogP) is 6.78. The van der Waals surface area contributed by atoms with Crippen molar-refractivity contribution in [1.29, 1.82) is 5.26 Å². The van der Waals surface area contributed by atoms with Crippen LogP contribution in [0.1, 0.15) is 93.9 Å². The van der Waals surface area contributed by atoms with Gasteiger partial charge >= 0.3 is 6.09 Å². The van der Waals surface area contributed by atoms with Crippen LogP contribution in [0.3, 0.4) is 0 Å². The molecule has 45 heavy (non-hydrogen) atoms. The third-order valence-corrected chi connectivity index (χ3v) is 9.50. The Morgan fingerprint density at radius 3 is 2.47 bits per heavy atom. The molecule has 2 amide bonds. The maximum atomic E-state index is 13.5. The van der Waals surface area contributed by atoms with Crippen LogP contribution < -0.4 is 15.4 Å². The first-order valence-electron chi connectivity index (χ1n) is 16.0.